The van der Waals surface area contributed by atoms with E-state index in [-0.39, 0.29) is 12.3 Å². The van der Waals surface area contributed by atoms with E-state index < -0.39 is 11.4 Å². The lowest BCUT2D eigenvalue weighted by Gasteiger charge is -2.36. The van der Waals surface area contributed by atoms with Gasteiger partial charge in [-0.15, -0.1) is 11.3 Å². The molecule has 1 aliphatic rings. The zero-order valence-corrected chi connectivity index (χ0v) is 15.1. The third-order valence-electron chi connectivity index (χ3n) is 4.87. The van der Waals surface area contributed by atoms with Gasteiger partial charge in [0.15, 0.2) is 0 Å². The molecule has 2 N–H and O–H groups in total. The fourth-order valence-electron chi connectivity index (χ4n) is 3.12. The third-order valence-corrected chi connectivity index (χ3v) is 5.64. The fourth-order valence-corrected chi connectivity index (χ4v) is 3.75. The molecule has 1 fully saturated rings. The van der Waals surface area contributed by atoms with Gasteiger partial charge in [-0.05, 0) is 31.7 Å². The molecule has 1 aliphatic carbocycles. The van der Waals surface area contributed by atoms with E-state index in [1.165, 1.54) is 0 Å². The summed E-state index contributed by atoms with van der Waals surface area (Å²) < 4.78 is 0. The first-order valence-corrected chi connectivity index (χ1v) is 9.38. The lowest BCUT2D eigenvalue weighted by atomic mass is 9.66. The maximum atomic E-state index is 12.0. The van der Waals surface area contributed by atoms with Crippen LogP contribution >= 0.6 is 11.3 Å². The van der Waals surface area contributed by atoms with E-state index in [2.05, 4.69) is 10.3 Å². The van der Waals surface area contributed by atoms with Crippen LogP contribution in [-0.4, -0.2) is 28.5 Å². The molecule has 25 heavy (non-hydrogen) atoms. The summed E-state index contributed by atoms with van der Waals surface area (Å²) in [5, 5.41) is 15.2. The number of carbonyl (C=O) groups is 2. The minimum absolute atomic E-state index is 0.0877. The summed E-state index contributed by atoms with van der Waals surface area (Å²) >= 11 is 1.63. The smallest absolute Gasteiger partial charge is 0.310 e. The molecule has 5 nitrogen and oxygen atoms in total. The van der Waals surface area contributed by atoms with Crippen LogP contribution in [0.3, 0.4) is 0 Å². The summed E-state index contributed by atoms with van der Waals surface area (Å²) in [6, 6.07) is 8.17. The van der Waals surface area contributed by atoms with Crippen molar-refractivity contribution in [3.05, 3.63) is 40.2 Å². The predicted molar refractivity (Wildman–Crippen MR) is 97.5 cm³/mol. The van der Waals surface area contributed by atoms with Crippen molar-refractivity contribution in [1.29, 1.82) is 0 Å². The first-order valence-electron chi connectivity index (χ1n) is 8.50. The maximum Gasteiger partial charge on any atom is 0.310 e. The van der Waals surface area contributed by atoms with Crippen LogP contribution in [0, 0.1) is 12.3 Å². The van der Waals surface area contributed by atoms with Crippen molar-refractivity contribution in [2.24, 2.45) is 5.41 Å². The van der Waals surface area contributed by atoms with Crippen molar-refractivity contribution in [3.63, 3.8) is 0 Å². The Hall–Kier alpha value is -2.21. The van der Waals surface area contributed by atoms with Gasteiger partial charge in [0.05, 0.1) is 16.1 Å². The molecule has 1 saturated carbocycles. The Morgan fingerprint density at radius 3 is 2.52 bits per heavy atom. The van der Waals surface area contributed by atoms with E-state index in [4.69, 9.17) is 0 Å². The largest absolute Gasteiger partial charge is 0.481 e. The summed E-state index contributed by atoms with van der Waals surface area (Å²) in [6.07, 6.45) is 2.91. The minimum atomic E-state index is -0.846. The van der Waals surface area contributed by atoms with Crippen molar-refractivity contribution in [2.75, 3.05) is 6.54 Å². The van der Waals surface area contributed by atoms with Crippen molar-refractivity contribution < 1.29 is 14.7 Å². The number of rotatable bonds is 7. The number of aryl methyl sites for hydroxylation is 1. The Labute approximate surface area is 151 Å². The number of aromatic nitrogens is 1. The SMILES string of the molecule is Cc1nc(-c2ccc(CCNC(=O)CC3(C(=O)O)CCC3)cc2)cs1. The highest BCUT2D eigenvalue weighted by Crippen LogP contribution is 2.44. The van der Waals surface area contributed by atoms with Gasteiger partial charge in [-0.25, -0.2) is 4.98 Å². The number of carboxylic acids is 1. The normalized spacial score (nSPS) is 15.4. The summed E-state index contributed by atoms with van der Waals surface area (Å²) in [7, 11) is 0. The summed E-state index contributed by atoms with van der Waals surface area (Å²) in [6.45, 7) is 2.51. The molecular formula is C19H22N2O3S. The van der Waals surface area contributed by atoms with Crippen molar-refractivity contribution >= 4 is 23.2 Å². The zero-order chi connectivity index (χ0) is 17.9. The van der Waals surface area contributed by atoms with E-state index >= 15 is 0 Å². The van der Waals surface area contributed by atoms with Gasteiger partial charge in [0.25, 0.3) is 0 Å². The lowest BCUT2D eigenvalue weighted by Crippen LogP contribution is -2.42. The number of nitrogens with one attached hydrogen (secondary N) is 1. The van der Waals surface area contributed by atoms with Crippen LogP contribution in [0.5, 0.6) is 0 Å². The van der Waals surface area contributed by atoms with Crippen LogP contribution in [0.25, 0.3) is 11.3 Å². The van der Waals surface area contributed by atoms with Gasteiger partial charge in [0.1, 0.15) is 0 Å². The van der Waals surface area contributed by atoms with Crippen molar-refractivity contribution in [3.8, 4) is 11.3 Å². The van der Waals surface area contributed by atoms with Crippen molar-refractivity contribution in [1.82, 2.24) is 10.3 Å². The fraction of sp³-hybridized carbons (Fsp3) is 0.421. The van der Waals surface area contributed by atoms with Gasteiger partial charge < -0.3 is 10.4 Å². The average Bonchev–Trinajstić information content (AvgIpc) is 2.98. The Bertz CT molecular complexity index is 763. The highest BCUT2D eigenvalue weighted by Gasteiger charge is 2.45. The van der Waals surface area contributed by atoms with Gasteiger partial charge in [0.2, 0.25) is 5.91 Å². The van der Waals surface area contributed by atoms with Crippen LogP contribution < -0.4 is 5.32 Å². The quantitative estimate of drug-likeness (QED) is 0.795. The Balaban J connectivity index is 1.47. The standard InChI is InChI=1S/C19H22N2O3S/c1-13-21-16(12-25-13)15-5-3-14(4-6-15)7-10-20-17(22)11-19(18(23)24)8-2-9-19/h3-6,12H,2,7-11H2,1H3,(H,20,22)(H,23,24). The van der Waals surface area contributed by atoms with Gasteiger partial charge in [-0.2, -0.15) is 0 Å². The number of amides is 1. The number of hydrogen-bond acceptors (Lipinski definition) is 4. The van der Waals surface area contributed by atoms with E-state index in [0.29, 0.717) is 19.4 Å². The van der Waals surface area contributed by atoms with Gasteiger partial charge in [0, 0.05) is 23.9 Å². The second-order valence-electron chi connectivity index (χ2n) is 6.66. The van der Waals surface area contributed by atoms with Gasteiger partial charge in [-0.3, -0.25) is 9.59 Å². The van der Waals surface area contributed by atoms with E-state index in [0.717, 1.165) is 34.7 Å². The van der Waals surface area contributed by atoms with Crippen LogP contribution in [-0.2, 0) is 16.0 Å². The molecular weight excluding hydrogens is 336 g/mol. The molecule has 0 spiro atoms. The molecule has 132 valence electrons. The number of carboxylic acid groups (broad SMARTS) is 1. The number of nitrogens with zero attached hydrogens (tertiary/aromatic N) is 1. The molecule has 0 aliphatic heterocycles. The van der Waals surface area contributed by atoms with E-state index in [1.54, 1.807) is 11.3 Å². The summed E-state index contributed by atoms with van der Waals surface area (Å²) in [5.41, 5.74) is 2.39. The number of benzene rings is 1. The van der Waals surface area contributed by atoms with Gasteiger partial charge in [-0.1, -0.05) is 30.7 Å². The molecule has 1 aromatic carbocycles. The Morgan fingerprint density at radius 1 is 1.28 bits per heavy atom. The average molecular weight is 358 g/mol. The molecule has 0 atom stereocenters. The van der Waals surface area contributed by atoms with Crippen LogP contribution in [0.4, 0.5) is 0 Å². The van der Waals surface area contributed by atoms with Crippen molar-refractivity contribution in [2.45, 2.75) is 39.0 Å². The topological polar surface area (TPSA) is 79.3 Å². The molecule has 2 aromatic rings. The second kappa shape index (κ2) is 7.35. The third kappa shape index (κ3) is 4.07. The Kier molecular flexibility index (Phi) is 5.18. The number of aliphatic carboxylic acids is 1. The second-order valence-corrected chi connectivity index (χ2v) is 7.73. The maximum absolute atomic E-state index is 12.0. The van der Waals surface area contributed by atoms with E-state index in [9.17, 15) is 14.7 Å². The summed E-state index contributed by atoms with van der Waals surface area (Å²) in [5.74, 6) is -1.02. The first kappa shape index (κ1) is 17.6. The van der Waals surface area contributed by atoms with Gasteiger partial charge >= 0.3 is 5.97 Å². The monoisotopic (exact) mass is 358 g/mol. The van der Waals surface area contributed by atoms with Crippen LogP contribution in [0.2, 0.25) is 0 Å². The first-order chi connectivity index (χ1) is 12.0. The number of carbonyl (C=O) groups excluding carboxylic acids is 1. The Morgan fingerprint density at radius 2 is 2.00 bits per heavy atom. The number of hydrogen-bond donors (Lipinski definition) is 2. The van der Waals surface area contributed by atoms with E-state index in [1.807, 2.05) is 36.6 Å². The molecule has 0 bridgehead atoms. The molecule has 1 aromatic heterocycles. The summed E-state index contributed by atoms with van der Waals surface area (Å²) in [4.78, 5) is 27.8. The molecule has 0 radical (unpaired) electrons. The molecule has 1 amide bonds. The molecule has 0 unspecified atom stereocenters. The molecule has 6 heteroatoms. The highest BCUT2D eigenvalue weighted by molar-refractivity contribution is 7.09. The molecule has 3 rings (SSSR count). The van der Waals surface area contributed by atoms with Crippen LogP contribution in [0.1, 0.15) is 36.3 Å². The molecule has 1 heterocycles. The highest BCUT2D eigenvalue weighted by atomic mass is 32.1. The number of thiazole rings is 1. The zero-order valence-electron chi connectivity index (χ0n) is 14.2. The molecule has 0 saturated heterocycles. The lowest BCUT2D eigenvalue weighted by molar-refractivity contribution is -0.157. The minimum Gasteiger partial charge on any atom is -0.481 e. The predicted octanol–water partition coefficient (Wildman–Crippen LogP) is 3.42. The van der Waals surface area contributed by atoms with Crippen LogP contribution in [0.15, 0.2) is 29.6 Å².